The lowest BCUT2D eigenvalue weighted by molar-refractivity contribution is 0.568. The maximum atomic E-state index is 2.72. The summed E-state index contributed by atoms with van der Waals surface area (Å²) >= 11 is 1.97. The Hall–Kier alpha value is -7.27. The van der Waals surface area contributed by atoms with E-state index in [9.17, 15) is 0 Å². The Balaban J connectivity index is 1.20. The number of hydrogen-bond acceptors (Lipinski definition) is 2. The van der Waals surface area contributed by atoms with Crippen LogP contribution < -0.4 is 65.0 Å². The second kappa shape index (κ2) is 21.2. The largest absolute Gasteiger partial charge is 0.310 e. The molecule has 1 aromatic heterocycles. The molecule has 0 saturated heterocycles. The molecule has 2 nitrogen and oxygen atoms in total. The van der Waals surface area contributed by atoms with Gasteiger partial charge in [0.15, 0.2) is 0 Å². The van der Waals surface area contributed by atoms with Gasteiger partial charge in [0.25, 0.3) is 0 Å². The lowest BCUT2D eigenvalue weighted by Crippen LogP contribution is -2.60. The van der Waals surface area contributed by atoms with Crippen LogP contribution in [0.15, 0.2) is 174 Å². The zero-order valence-corrected chi connectivity index (χ0v) is 56.8. The van der Waals surface area contributed by atoms with Crippen LogP contribution >= 0.6 is 11.8 Å². The minimum Gasteiger partial charge on any atom is -0.310 e. The summed E-state index contributed by atoms with van der Waals surface area (Å²) in [7, 11) is 18.8. The molecule has 10 aromatic carbocycles. The Morgan fingerprint density at radius 2 is 0.761 bits per heavy atom. The van der Waals surface area contributed by atoms with E-state index in [1.807, 2.05) is 11.8 Å². The first-order chi connectivity index (χ1) is 41.5. The van der Waals surface area contributed by atoms with Crippen molar-refractivity contribution >= 4 is 180 Å². The van der Waals surface area contributed by atoms with Crippen LogP contribution in [0, 0.1) is 0 Å². The molecule has 0 bridgehead atoms. The van der Waals surface area contributed by atoms with Gasteiger partial charge in [-0.15, -0.1) is 10.9 Å². The molecule has 0 radical (unpaired) electrons. The highest BCUT2D eigenvalue weighted by Gasteiger charge is 2.43. The van der Waals surface area contributed by atoms with Crippen molar-refractivity contribution in [3.63, 3.8) is 0 Å². The van der Waals surface area contributed by atoms with E-state index in [1.54, 1.807) is 0 Å². The fourth-order valence-electron chi connectivity index (χ4n) is 14.4. The van der Waals surface area contributed by atoms with E-state index in [2.05, 4.69) is 319 Å². The van der Waals surface area contributed by atoms with Gasteiger partial charge in [-0.2, -0.15) is 0 Å². The van der Waals surface area contributed by atoms with Gasteiger partial charge in [0.1, 0.15) is 62.8 Å². The first-order valence-electron chi connectivity index (χ1n) is 32.0. The predicted molar refractivity (Wildman–Crippen MR) is 413 cm³/mol. The van der Waals surface area contributed by atoms with Gasteiger partial charge in [-0.25, -0.2) is 0 Å². The zero-order valence-electron chi connectivity index (χ0n) is 56.0. The molecule has 0 unspecified atom stereocenters. The summed E-state index contributed by atoms with van der Waals surface area (Å²) in [6.07, 6.45) is 0. The summed E-state index contributed by atoms with van der Waals surface area (Å²) in [5, 5.41) is 2.75. The molecule has 0 atom stereocenters. The first-order valence-corrected chi connectivity index (χ1v) is 32.8. The molecule has 88 heavy (non-hydrogen) atoms. The van der Waals surface area contributed by atoms with Crippen LogP contribution in [0.1, 0.15) is 105 Å². The molecule has 0 amide bonds. The summed E-state index contributed by atoms with van der Waals surface area (Å²) in [5.41, 5.74) is 37.3. The van der Waals surface area contributed by atoms with Crippen LogP contribution in [0.25, 0.3) is 72.0 Å². The van der Waals surface area contributed by atoms with Gasteiger partial charge in [-0.1, -0.05) is 273 Å². The maximum absolute atomic E-state index is 2.72. The lowest BCUT2D eigenvalue weighted by atomic mass is 9.34. The van der Waals surface area contributed by atoms with Crippen LogP contribution in [0.3, 0.4) is 0 Å². The SMILES string of the molecule is Bc1c(B)c(B)c2c(c1B)c1c(B)c(B)c(B)c(B)c1n2-c1cc2c3c(c1)N(c1c(-c4ccccc4)cccc1-c1ccccc1)c1cc(-c4cc(C(C)(C)C)cc(C(C)(C)C)c4)ccc1B3c1ccc(-c3cc(C(C)(C)C)cc(C(C)(C)C)c3)cc1S2. The molecular weight excluding hydrogens is 1070 g/mol. The molecule has 0 N–H and O–H groups in total. The number of nitrogens with zero attached hydrogens (tertiary/aromatic N) is 2. The number of fused-ring (bicyclic) bond motifs is 7. The lowest BCUT2D eigenvalue weighted by Gasteiger charge is -2.42. The van der Waals surface area contributed by atoms with Crippen molar-refractivity contribution in [2.45, 2.75) is 115 Å². The Labute approximate surface area is 536 Å². The van der Waals surface area contributed by atoms with E-state index < -0.39 is 0 Å². The Morgan fingerprint density at radius 3 is 1.20 bits per heavy atom. The van der Waals surface area contributed by atoms with Crippen molar-refractivity contribution in [2.24, 2.45) is 0 Å². The van der Waals surface area contributed by atoms with Crippen molar-refractivity contribution in [1.82, 2.24) is 4.57 Å². The van der Waals surface area contributed by atoms with Crippen molar-refractivity contribution in [3.8, 4) is 50.2 Å². The molecular formula is C76H79B9N2S. The predicted octanol–water partition coefficient (Wildman–Crippen LogP) is 5.47. The number of hydrogen-bond donors (Lipinski definition) is 0. The molecule has 13 rings (SSSR count). The minimum absolute atomic E-state index is 0.0157. The van der Waals surface area contributed by atoms with Crippen LogP contribution in [-0.4, -0.2) is 74.1 Å². The van der Waals surface area contributed by atoms with Gasteiger partial charge < -0.3 is 9.47 Å². The fraction of sp³-hybridized carbons (Fsp3) is 0.211. The minimum atomic E-state index is -0.0632. The van der Waals surface area contributed by atoms with Gasteiger partial charge in [-0.05, 0) is 123 Å². The summed E-state index contributed by atoms with van der Waals surface area (Å²) in [4.78, 5) is 5.32. The van der Waals surface area contributed by atoms with E-state index in [-0.39, 0.29) is 28.4 Å². The average molecular weight is 1150 g/mol. The molecule has 11 aromatic rings. The van der Waals surface area contributed by atoms with Crippen LogP contribution in [0.4, 0.5) is 17.1 Å². The van der Waals surface area contributed by atoms with Crippen LogP contribution in [-0.2, 0) is 21.7 Å². The fourth-order valence-corrected chi connectivity index (χ4v) is 15.6. The van der Waals surface area contributed by atoms with Gasteiger partial charge >= 0.3 is 0 Å². The normalized spacial score (nSPS) is 13.3. The molecule has 2 aliphatic rings. The van der Waals surface area contributed by atoms with Gasteiger partial charge in [-0.3, -0.25) is 0 Å². The Morgan fingerprint density at radius 1 is 0.341 bits per heavy atom. The first kappa shape index (κ1) is 59.7. The highest BCUT2D eigenvalue weighted by Crippen LogP contribution is 2.51. The third-order valence-corrected chi connectivity index (χ3v) is 21.6. The molecule has 2 aliphatic heterocycles. The van der Waals surface area contributed by atoms with Gasteiger partial charge in [0.05, 0.1) is 5.69 Å². The molecule has 0 saturated carbocycles. The zero-order chi connectivity index (χ0) is 62.6. The highest BCUT2D eigenvalue weighted by atomic mass is 32.2. The average Bonchev–Trinajstić information content (AvgIpc) is 1.18. The third kappa shape index (κ3) is 9.76. The van der Waals surface area contributed by atoms with E-state index >= 15 is 0 Å². The van der Waals surface area contributed by atoms with Crippen molar-refractivity contribution < 1.29 is 0 Å². The van der Waals surface area contributed by atoms with Crippen molar-refractivity contribution in [3.05, 3.63) is 186 Å². The van der Waals surface area contributed by atoms with Crippen LogP contribution in [0.2, 0.25) is 0 Å². The summed E-state index contributed by atoms with van der Waals surface area (Å²) < 4.78 is 2.70. The van der Waals surface area contributed by atoms with Crippen molar-refractivity contribution in [2.75, 3.05) is 4.90 Å². The van der Waals surface area contributed by atoms with Gasteiger partial charge in [0.2, 0.25) is 6.71 Å². The van der Waals surface area contributed by atoms with E-state index in [1.165, 1.54) is 181 Å². The molecule has 12 heteroatoms. The van der Waals surface area contributed by atoms with Crippen LogP contribution in [0.5, 0.6) is 0 Å². The number of aromatic nitrogens is 1. The smallest absolute Gasteiger partial charge is 0.249 e. The quantitative estimate of drug-likeness (QED) is 0.205. The van der Waals surface area contributed by atoms with Crippen molar-refractivity contribution in [1.29, 1.82) is 0 Å². The summed E-state index contributed by atoms with van der Waals surface area (Å²) in [5.74, 6) is 0. The Bertz CT molecular complexity index is 4530. The standard InChI is InChI=1S/C76H79B9N2S/c1-73(2,3)46-30-44(31-47(36-46)74(4,5)6)42-26-28-53-55(34-42)87(70-51(40-20-15-13-16-21-40)24-19-25-52(70)41-22-17-14-18-23-41)56-38-50(86-71-59(61(77)63(79)65(81)67(71)83)60-62(78)64(80)66(82)68(84)72(60)86)39-58-69(56)85(53)54-29-27-43(35-57(54)88-58)45-32-48(75(7,8)9)37-49(33-45)76(10,11)12/h13-39H,77-84H2,1-12H3. The molecule has 0 spiro atoms. The van der Waals surface area contributed by atoms with E-state index in [4.69, 9.17) is 0 Å². The maximum Gasteiger partial charge on any atom is 0.249 e. The summed E-state index contributed by atoms with van der Waals surface area (Å²) in [6, 6.07) is 64.2. The monoisotopic (exact) mass is 1150 g/mol. The third-order valence-electron chi connectivity index (χ3n) is 20.5. The number of benzene rings is 10. The second-order valence-electron chi connectivity index (χ2n) is 30.1. The Kier molecular flexibility index (Phi) is 14.4. The van der Waals surface area contributed by atoms with Gasteiger partial charge in [0, 0.05) is 49.0 Å². The number of anilines is 3. The molecule has 3 heterocycles. The topological polar surface area (TPSA) is 8.17 Å². The highest BCUT2D eigenvalue weighted by molar-refractivity contribution is 8.00. The molecule has 0 aliphatic carbocycles. The second-order valence-corrected chi connectivity index (χ2v) is 31.2. The van der Waals surface area contributed by atoms with E-state index in [0.717, 1.165) is 0 Å². The molecule has 426 valence electrons. The van der Waals surface area contributed by atoms with E-state index in [0.29, 0.717) is 0 Å². The molecule has 0 fully saturated rings. The summed E-state index contributed by atoms with van der Waals surface area (Å²) in [6.45, 7) is 28.2. The number of rotatable bonds is 6. The number of para-hydroxylation sites is 1.